The molecule has 0 saturated carbocycles. The van der Waals surface area contributed by atoms with E-state index in [2.05, 4.69) is 7.45 Å². The van der Waals surface area contributed by atoms with Crippen LogP contribution < -0.4 is 0 Å². The summed E-state index contributed by atoms with van der Waals surface area (Å²) < 4.78 is 25.1. The molecule has 0 atom stereocenters. The van der Waals surface area contributed by atoms with Crippen molar-refractivity contribution in [3.63, 3.8) is 0 Å². The molecule has 4 nitrogen and oxygen atoms in total. The molecule has 0 saturated heterocycles. The molecule has 0 radical (unpaired) electrons. The molecule has 0 aromatic heterocycles. The zero-order valence-corrected chi connectivity index (χ0v) is 8.37. The molecule has 0 amide bonds. The zero-order chi connectivity index (χ0) is 8.04. The molecule has 0 rings (SSSR count). The molecule has 0 unspecified atom stereocenters. The molecular weight excluding hydrogens is 199 g/mol. The van der Waals surface area contributed by atoms with Crippen LogP contribution in [-0.4, -0.2) is 35.3 Å². The van der Waals surface area contributed by atoms with E-state index in [1.165, 1.54) is 14.2 Å². The van der Waals surface area contributed by atoms with Crippen LogP contribution in [0.2, 0.25) is 0 Å². The monoisotopic (exact) mass is 212 g/mol. The third kappa shape index (κ3) is 3.42. The van der Waals surface area contributed by atoms with Crippen molar-refractivity contribution < 1.29 is 14.9 Å². The summed E-state index contributed by atoms with van der Waals surface area (Å²) in [5.41, 5.74) is 0. The second-order valence-electron chi connectivity index (χ2n) is 1.65. The molecule has 5 heteroatoms. The Bertz CT molecular complexity index is 117. The van der Waals surface area contributed by atoms with Gasteiger partial charge in [-0.1, -0.05) is 0 Å². The van der Waals surface area contributed by atoms with E-state index in [-0.39, 0.29) is 0 Å². The predicted molar refractivity (Wildman–Crippen MR) is 36.7 cm³/mol. The molecule has 62 valence electrons. The van der Waals surface area contributed by atoms with Gasteiger partial charge in [0.1, 0.15) is 0 Å². The summed E-state index contributed by atoms with van der Waals surface area (Å²) in [5, 5.41) is 0. The van der Waals surface area contributed by atoms with Crippen molar-refractivity contribution >= 4 is 14.5 Å². The van der Waals surface area contributed by atoms with Crippen LogP contribution in [0.4, 0.5) is 0 Å². The molecule has 10 heavy (non-hydrogen) atoms. The van der Waals surface area contributed by atoms with Crippen molar-refractivity contribution in [2.75, 3.05) is 20.8 Å². The van der Waals surface area contributed by atoms with E-state index >= 15 is 0 Å². The predicted octanol–water partition coefficient (Wildman–Crippen LogP) is 0.572. The maximum atomic E-state index is 11.1. The van der Waals surface area contributed by atoms with E-state index in [0.717, 1.165) is 6.42 Å². The summed E-state index contributed by atoms with van der Waals surface area (Å²) in [6.45, 7) is 2.34. The molecule has 0 heterocycles. The molecule has 0 aliphatic heterocycles. The molecular formula is C5H13AsO4. The Morgan fingerprint density at radius 3 is 2.10 bits per heavy atom. The normalized spacial score (nSPS) is 11.9. The Labute approximate surface area is 64.2 Å². The Kier molecular flexibility index (Phi) is 5.08. The van der Waals surface area contributed by atoms with Crippen LogP contribution in [-0.2, 0) is 14.9 Å². The van der Waals surface area contributed by atoms with Crippen molar-refractivity contribution in [3.8, 4) is 0 Å². The minimum atomic E-state index is -3.79. The van der Waals surface area contributed by atoms with Crippen LogP contribution >= 0.6 is 0 Å². The molecule has 0 aromatic rings. The third-order valence-corrected chi connectivity index (χ3v) is 3.82. The molecule has 0 aliphatic carbocycles. The van der Waals surface area contributed by atoms with Gasteiger partial charge in [-0.2, -0.15) is 0 Å². The topological polar surface area (TPSA) is 44.8 Å². The Morgan fingerprint density at radius 1 is 1.30 bits per heavy atom. The van der Waals surface area contributed by atoms with Crippen LogP contribution in [0, 0.1) is 0 Å². The first-order valence-electron chi connectivity index (χ1n) is 3.04. The van der Waals surface area contributed by atoms with Gasteiger partial charge < -0.3 is 0 Å². The summed E-state index contributed by atoms with van der Waals surface area (Å²) in [6, 6.07) is 0. The van der Waals surface area contributed by atoms with E-state index < -0.39 is 14.5 Å². The van der Waals surface area contributed by atoms with Crippen LogP contribution in [0.1, 0.15) is 13.3 Å². The first-order chi connectivity index (χ1) is 4.68. The van der Waals surface area contributed by atoms with Gasteiger partial charge in [-0.3, -0.25) is 0 Å². The quantitative estimate of drug-likeness (QED) is 0.625. The van der Waals surface area contributed by atoms with Gasteiger partial charge in [0, 0.05) is 0 Å². The fourth-order valence-electron chi connectivity index (χ4n) is 0.383. The van der Waals surface area contributed by atoms with Gasteiger partial charge in [0.25, 0.3) is 0 Å². The minimum absolute atomic E-state index is 0.415. The van der Waals surface area contributed by atoms with E-state index in [9.17, 15) is 3.74 Å². The van der Waals surface area contributed by atoms with Crippen LogP contribution in [0.25, 0.3) is 0 Å². The van der Waals surface area contributed by atoms with Gasteiger partial charge in [0.15, 0.2) is 0 Å². The van der Waals surface area contributed by atoms with Crippen molar-refractivity contribution in [1.82, 2.24) is 0 Å². The Hall–Kier alpha value is 0.238. The van der Waals surface area contributed by atoms with Crippen LogP contribution in [0.15, 0.2) is 0 Å². The summed E-state index contributed by atoms with van der Waals surface area (Å²) in [7, 11) is 2.64. The second-order valence-corrected chi connectivity index (χ2v) is 5.60. The van der Waals surface area contributed by atoms with E-state index in [4.69, 9.17) is 3.73 Å². The third-order valence-electron chi connectivity index (χ3n) is 0.901. The fourth-order valence-corrected chi connectivity index (χ4v) is 1.99. The van der Waals surface area contributed by atoms with Gasteiger partial charge in [0.05, 0.1) is 0 Å². The van der Waals surface area contributed by atoms with Gasteiger partial charge in [0.2, 0.25) is 0 Å². The average Bonchev–Trinajstić information content (AvgIpc) is 2.00. The first kappa shape index (κ1) is 10.2. The van der Waals surface area contributed by atoms with Crippen LogP contribution in [0.5, 0.6) is 0 Å². The van der Waals surface area contributed by atoms with Crippen molar-refractivity contribution in [2.45, 2.75) is 13.3 Å². The van der Waals surface area contributed by atoms with Gasteiger partial charge >= 0.3 is 63.6 Å². The van der Waals surface area contributed by atoms with E-state index in [0.29, 0.717) is 6.61 Å². The van der Waals surface area contributed by atoms with Crippen molar-refractivity contribution in [2.24, 2.45) is 0 Å². The Morgan fingerprint density at radius 2 is 1.80 bits per heavy atom. The number of hydrogen-bond donors (Lipinski definition) is 0. The number of rotatable bonds is 5. The summed E-state index contributed by atoms with van der Waals surface area (Å²) >= 11 is -3.79. The molecule has 0 bridgehead atoms. The average molecular weight is 212 g/mol. The van der Waals surface area contributed by atoms with E-state index in [1.807, 2.05) is 6.92 Å². The first-order valence-corrected chi connectivity index (χ1v) is 6.11. The molecule has 0 spiro atoms. The molecule has 0 fully saturated rings. The zero-order valence-electron chi connectivity index (χ0n) is 6.49. The molecule has 0 N–H and O–H groups in total. The van der Waals surface area contributed by atoms with Crippen molar-refractivity contribution in [3.05, 3.63) is 0 Å². The summed E-state index contributed by atoms with van der Waals surface area (Å²) in [4.78, 5) is 0. The fraction of sp³-hybridized carbons (Fsp3) is 1.00. The number of hydrogen-bond acceptors (Lipinski definition) is 4. The Balaban J connectivity index is 3.70. The van der Waals surface area contributed by atoms with Gasteiger partial charge in [-0.25, -0.2) is 0 Å². The maximum absolute atomic E-state index is 11.1. The van der Waals surface area contributed by atoms with E-state index in [1.54, 1.807) is 0 Å². The standard InChI is InChI=1S/C5H13AsO4/c1-4-5-10-6(7,8-2)9-3/h4-5H2,1-3H3. The van der Waals surface area contributed by atoms with Crippen LogP contribution in [0.3, 0.4) is 0 Å². The second kappa shape index (κ2) is 4.96. The molecule has 0 aromatic carbocycles. The van der Waals surface area contributed by atoms with Gasteiger partial charge in [-0.15, -0.1) is 0 Å². The SMILES string of the molecule is CCCO[As](=O)(OC)OC. The molecule has 0 aliphatic rings. The summed E-state index contributed by atoms with van der Waals surface area (Å²) in [5.74, 6) is 0. The van der Waals surface area contributed by atoms with Gasteiger partial charge in [-0.05, 0) is 0 Å². The summed E-state index contributed by atoms with van der Waals surface area (Å²) in [6.07, 6.45) is 0.804. The van der Waals surface area contributed by atoms with Crippen molar-refractivity contribution in [1.29, 1.82) is 0 Å².